The summed E-state index contributed by atoms with van der Waals surface area (Å²) in [4.78, 5) is 0. The van der Waals surface area contributed by atoms with Gasteiger partial charge in [-0.15, -0.1) is 0 Å². The van der Waals surface area contributed by atoms with Gasteiger partial charge in [-0.1, -0.05) is 0 Å². The molecule has 0 amide bonds. The molecule has 2 aromatic rings. The first-order chi connectivity index (χ1) is 8.63. The number of H-pyrrole nitrogens is 1. The first-order valence-electron chi connectivity index (χ1n) is 5.41. The van der Waals surface area contributed by atoms with Crippen LogP contribution in [0.2, 0.25) is 0 Å². The van der Waals surface area contributed by atoms with Gasteiger partial charge in [0, 0.05) is 17.7 Å². The molecular weight excluding hydrogens is 243 g/mol. The largest absolute Gasteiger partial charge is 0.330 e. The van der Waals surface area contributed by atoms with Gasteiger partial charge in [-0.2, -0.15) is 5.10 Å². The fraction of sp³-hybridized carbons (Fsp3) is 0.250. The normalized spacial score (nSPS) is 12.9. The van der Waals surface area contributed by atoms with Gasteiger partial charge in [-0.25, -0.2) is 13.2 Å². The van der Waals surface area contributed by atoms with E-state index in [1.54, 1.807) is 0 Å². The second-order valence-corrected chi connectivity index (χ2v) is 3.88. The van der Waals surface area contributed by atoms with Gasteiger partial charge in [0.25, 0.3) is 0 Å². The maximum Gasteiger partial charge on any atom is 0.246 e. The van der Waals surface area contributed by atoms with Crippen LogP contribution in [-0.4, -0.2) is 23.2 Å². The van der Waals surface area contributed by atoms with E-state index >= 15 is 0 Å². The van der Waals surface area contributed by atoms with Crippen LogP contribution in [0.5, 0.6) is 0 Å². The monoisotopic (exact) mass is 255 g/mol. The van der Waals surface area contributed by atoms with Gasteiger partial charge in [-0.3, -0.25) is 5.10 Å². The highest BCUT2D eigenvalue weighted by Crippen LogP contribution is 2.30. The lowest BCUT2D eigenvalue weighted by atomic mass is 9.97. The van der Waals surface area contributed by atoms with Crippen LogP contribution in [0.15, 0.2) is 30.5 Å². The van der Waals surface area contributed by atoms with E-state index in [4.69, 9.17) is 5.73 Å². The van der Waals surface area contributed by atoms with Crippen LogP contribution in [0.4, 0.5) is 13.2 Å². The number of halogens is 3. The van der Waals surface area contributed by atoms with E-state index in [-0.39, 0.29) is 12.4 Å². The summed E-state index contributed by atoms with van der Waals surface area (Å²) in [6, 6.07) is 5.54. The highest BCUT2D eigenvalue weighted by molar-refractivity contribution is 5.63. The van der Waals surface area contributed by atoms with E-state index in [0.29, 0.717) is 16.8 Å². The number of aromatic amines is 1. The molecule has 0 radical (unpaired) electrons. The molecule has 0 saturated heterocycles. The number of alkyl halides is 2. The number of rotatable bonds is 4. The molecule has 0 fully saturated rings. The SMILES string of the molecule is NCC(c1cn[nH]c1-c1ccc(F)cc1)C(F)F. The summed E-state index contributed by atoms with van der Waals surface area (Å²) < 4.78 is 38.5. The molecule has 6 heteroatoms. The minimum Gasteiger partial charge on any atom is -0.330 e. The number of nitrogens with zero attached hydrogens (tertiary/aromatic N) is 1. The minimum absolute atomic E-state index is 0.175. The van der Waals surface area contributed by atoms with Crippen molar-refractivity contribution in [1.82, 2.24) is 10.2 Å². The molecule has 3 N–H and O–H groups in total. The molecular formula is C12H12F3N3. The third-order valence-corrected chi connectivity index (χ3v) is 2.76. The predicted octanol–water partition coefficient (Wildman–Crippen LogP) is 2.52. The number of hydrogen-bond acceptors (Lipinski definition) is 2. The summed E-state index contributed by atoms with van der Waals surface area (Å²) in [5.74, 6) is -1.46. The molecule has 1 unspecified atom stereocenters. The van der Waals surface area contributed by atoms with Crippen LogP contribution in [0.25, 0.3) is 11.3 Å². The molecule has 0 bridgehead atoms. The summed E-state index contributed by atoms with van der Waals surface area (Å²) in [6.07, 6.45) is -1.23. The Morgan fingerprint density at radius 2 is 1.89 bits per heavy atom. The van der Waals surface area contributed by atoms with Crippen molar-refractivity contribution in [3.63, 3.8) is 0 Å². The van der Waals surface area contributed by atoms with Crippen LogP contribution < -0.4 is 5.73 Å². The van der Waals surface area contributed by atoms with Crippen LogP contribution in [0, 0.1) is 5.82 Å². The van der Waals surface area contributed by atoms with Crippen molar-refractivity contribution in [1.29, 1.82) is 0 Å². The molecule has 0 aliphatic rings. The van der Waals surface area contributed by atoms with Gasteiger partial charge in [0.05, 0.1) is 17.8 Å². The average molecular weight is 255 g/mol. The fourth-order valence-corrected chi connectivity index (χ4v) is 1.79. The summed E-state index contributed by atoms with van der Waals surface area (Å²) >= 11 is 0. The van der Waals surface area contributed by atoms with Crippen LogP contribution in [0.1, 0.15) is 11.5 Å². The molecule has 2 rings (SSSR count). The zero-order valence-corrected chi connectivity index (χ0v) is 9.41. The summed E-state index contributed by atoms with van der Waals surface area (Å²) in [6.45, 7) is -0.175. The van der Waals surface area contributed by atoms with E-state index in [2.05, 4.69) is 10.2 Å². The Kier molecular flexibility index (Phi) is 3.66. The van der Waals surface area contributed by atoms with E-state index in [0.717, 1.165) is 0 Å². The minimum atomic E-state index is -2.56. The van der Waals surface area contributed by atoms with E-state index < -0.39 is 12.3 Å². The van der Waals surface area contributed by atoms with Crippen molar-refractivity contribution in [2.45, 2.75) is 12.3 Å². The van der Waals surface area contributed by atoms with Crippen LogP contribution in [0.3, 0.4) is 0 Å². The zero-order valence-electron chi connectivity index (χ0n) is 9.41. The Bertz CT molecular complexity index is 508. The molecule has 18 heavy (non-hydrogen) atoms. The lowest BCUT2D eigenvalue weighted by Crippen LogP contribution is -2.19. The maximum absolute atomic E-state index is 12.8. The standard InChI is InChI=1S/C12H12F3N3/c13-8-3-1-7(2-4-8)11-10(6-17-18-11)9(5-16)12(14)15/h1-4,6,9,12H,5,16H2,(H,17,18). The number of nitrogens with one attached hydrogen (secondary N) is 1. The molecule has 0 spiro atoms. The summed E-state index contributed by atoms with van der Waals surface area (Å²) in [5, 5.41) is 6.41. The molecule has 1 aromatic heterocycles. The van der Waals surface area contributed by atoms with Crippen LogP contribution >= 0.6 is 0 Å². The lowest BCUT2D eigenvalue weighted by molar-refractivity contribution is 0.117. The van der Waals surface area contributed by atoms with Crippen molar-refractivity contribution in [2.75, 3.05) is 6.54 Å². The van der Waals surface area contributed by atoms with Gasteiger partial charge in [-0.05, 0) is 24.3 Å². The highest BCUT2D eigenvalue weighted by atomic mass is 19.3. The Morgan fingerprint density at radius 3 is 2.44 bits per heavy atom. The Morgan fingerprint density at radius 1 is 1.22 bits per heavy atom. The molecule has 0 aliphatic heterocycles. The average Bonchev–Trinajstić information content (AvgIpc) is 2.79. The second kappa shape index (κ2) is 5.22. The Hall–Kier alpha value is -1.82. The number of nitrogens with two attached hydrogens (primary N) is 1. The number of hydrogen-bond donors (Lipinski definition) is 2. The molecule has 0 aliphatic carbocycles. The maximum atomic E-state index is 12.8. The van der Waals surface area contributed by atoms with Crippen molar-refractivity contribution in [2.24, 2.45) is 5.73 Å². The first kappa shape index (κ1) is 12.6. The summed E-state index contributed by atoms with van der Waals surface area (Å²) in [5.41, 5.74) is 6.75. The fourth-order valence-electron chi connectivity index (χ4n) is 1.79. The van der Waals surface area contributed by atoms with Gasteiger partial charge in [0.2, 0.25) is 6.43 Å². The van der Waals surface area contributed by atoms with Gasteiger partial charge in [0.1, 0.15) is 5.82 Å². The quantitative estimate of drug-likeness (QED) is 0.882. The second-order valence-electron chi connectivity index (χ2n) is 3.88. The summed E-state index contributed by atoms with van der Waals surface area (Å²) in [7, 11) is 0. The first-order valence-corrected chi connectivity index (χ1v) is 5.41. The molecule has 3 nitrogen and oxygen atoms in total. The van der Waals surface area contributed by atoms with E-state index in [1.807, 2.05) is 0 Å². The smallest absolute Gasteiger partial charge is 0.246 e. The third kappa shape index (κ3) is 2.38. The van der Waals surface area contributed by atoms with Crippen LogP contribution in [-0.2, 0) is 0 Å². The molecule has 96 valence electrons. The molecule has 1 atom stereocenters. The molecule has 1 aromatic carbocycles. The van der Waals surface area contributed by atoms with Gasteiger partial charge in [0.15, 0.2) is 0 Å². The van der Waals surface area contributed by atoms with Gasteiger partial charge < -0.3 is 5.73 Å². The zero-order chi connectivity index (χ0) is 13.1. The van der Waals surface area contributed by atoms with Gasteiger partial charge >= 0.3 is 0 Å². The van der Waals surface area contributed by atoms with Crippen molar-refractivity contribution >= 4 is 0 Å². The number of aromatic nitrogens is 2. The van der Waals surface area contributed by atoms with E-state index in [9.17, 15) is 13.2 Å². The van der Waals surface area contributed by atoms with Crippen molar-refractivity contribution in [3.05, 3.63) is 41.8 Å². The predicted molar refractivity (Wildman–Crippen MR) is 61.8 cm³/mol. The topological polar surface area (TPSA) is 54.7 Å². The molecule has 1 heterocycles. The Labute approximate surface area is 102 Å². The van der Waals surface area contributed by atoms with Crippen molar-refractivity contribution < 1.29 is 13.2 Å². The Balaban J connectivity index is 2.41. The number of benzene rings is 1. The highest BCUT2D eigenvalue weighted by Gasteiger charge is 2.25. The lowest BCUT2D eigenvalue weighted by Gasteiger charge is -2.13. The van der Waals surface area contributed by atoms with E-state index in [1.165, 1.54) is 30.5 Å². The van der Waals surface area contributed by atoms with Crippen molar-refractivity contribution in [3.8, 4) is 11.3 Å². The molecule has 0 saturated carbocycles. The third-order valence-electron chi connectivity index (χ3n) is 2.76.